The van der Waals surface area contributed by atoms with Crippen LogP contribution in [0.15, 0.2) is 28.6 Å². The number of thiophene rings is 1. The molecule has 0 unspecified atom stereocenters. The highest BCUT2D eigenvalue weighted by Crippen LogP contribution is 2.34. The number of aromatic nitrogens is 2. The molecule has 7 nitrogen and oxygen atoms in total. The summed E-state index contributed by atoms with van der Waals surface area (Å²) in [6.07, 6.45) is 5.84. The van der Waals surface area contributed by atoms with Crippen LogP contribution in [0.25, 0.3) is 10.6 Å². The Balaban J connectivity index is 1.91. The van der Waals surface area contributed by atoms with E-state index in [4.69, 9.17) is 4.74 Å². The second-order valence-electron chi connectivity index (χ2n) is 5.87. The summed E-state index contributed by atoms with van der Waals surface area (Å²) < 4.78 is 34.3. The molecule has 0 saturated heterocycles. The molecule has 0 radical (unpaired) electrons. The Morgan fingerprint density at radius 2 is 2.20 bits per heavy atom. The number of nitrogens with zero attached hydrogens (tertiary/aromatic N) is 2. The first kappa shape index (κ1) is 18.1. The van der Waals surface area contributed by atoms with Gasteiger partial charge >= 0.3 is 5.97 Å². The van der Waals surface area contributed by atoms with Crippen LogP contribution in [0, 0.1) is 0 Å². The van der Waals surface area contributed by atoms with Crippen molar-refractivity contribution in [2.24, 2.45) is 0 Å². The van der Waals surface area contributed by atoms with E-state index < -0.39 is 22.5 Å². The predicted molar refractivity (Wildman–Crippen MR) is 94.9 cm³/mol. The average molecular weight is 383 g/mol. The molecule has 0 aromatic carbocycles. The van der Waals surface area contributed by atoms with Crippen LogP contribution in [0.4, 0.5) is 0 Å². The molecule has 1 N–H and O–H groups in total. The Morgan fingerprint density at radius 1 is 1.44 bits per heavy atom. The van der Waals surface area contributed by atoms with Gasteiger partial charge in [-0.3, -0.25) is 9.48 Å². The van der Waals surface area contributed by atoms with Gasteiger partial charge in [0.25, 0.3) is 0 Å². The Labute approximate surface area is 151 Å². The summed E-state index contributed by atoms with van der Waals surface area (Å²) in [6, 6.07) is 3.93. The zero-order valence-electron chi connectivity index (χ0n) is 14.0. The summed E-state index contributed by atoms with van der Waals surface area (Å²) in [6.45, 7) is 1.49. The lowest BCUT2D eigenvalue weighted by atomic mass is 10.3. The van der Waals surface area contributed by atoms with Crippen molar-refractivity contribution in [2.75, 3.05) is 13.2 Å². The maximum atomic E-state index is 12.7. The number of carbonyl (C=O) groups excluding carboxylic acids is 1. The number of sulfonamides is 1. The predicted octanol–water partition coefficient (Wildman–Crippen LogP) is 2.57. The monoisotopic (exact) mass is 383 g/mol. The highest BCUT2D eigenvalue weighted by Gasteiger charge is 2.27. The smallest absolute Gasteiger partial charge is 0.321 e. The van der Waals surface area contributed by atoms with Crippen LogP contribution in [-0.4, -0.2) is 37.3 Å². The van der Waals surface area contributed by atoms with Crippen molar-refractivity contribution in [1.82, 2.24) is 14.5 Å². The molecule has 3 rings (SSSR count). The zero-order chi connectivity index (χ0) is 17.9. The third-order valence-electron chi connectivity index (χ3n) is 4.15. The average Bonchev–Trinajstić information content (AvgIpc) is 3.32. The number of rotatable bonds is 7. The number of ether oxygens (including phenoxy) is 1. The molecule has 1 aliphatic carbocycles. The number of esters is 1. The minimum atomic E-state index is -3.87. The lowest BCUT2D eigenvalue weighted by Gasteiger charge is -2.08. The van der Waals surface area contributed by atoms with Crippen molar-refractivity contribution in [3.05, 3.63) is 23.7 Å². The molecular formula is C16H21N3O4S2. The third-order valence-corrected chi connectivity index (χ3v) is 6.43. The van der Waals surface area contributed by atoms with Crippen molar-refractivity contribution < 1.29 is 17.9 Å². The number of nitrogens with one attached hydrogen (secondary N) is 1. The molecule has 1 saturated carbocycles. The Hall–Kier alpha value is -1.71. The van der Waals surface area contributed by atoms with Crippen molar-refractivity contribution >= 4 is 27.3 Å². The van der Waals surface area contributed by atoms with Gasteiger partial charge in [-0.05, 0) is 31.2 Å². The standard InChI is InChI=1S/C16H21N3O4S2/c1-2-23-15(20)10-17-25(21,22)14-11-19(12-6-3-4-7-12)18-16(14)13-8-5-9-24-13/h5,8-9,11-12,17H,2-4,6-7,10H2,1H3. The fraction of sp³-hybridized carbons (Fsp3) is 0.500. The van der Waals surface area contributed by atoms with Crippen LogP contribution in [-0.2, 0) is 19.6 Å². The molecule has 2 aromatic heterocycles. The van der Waals surface area contributed by atoms with E-state index in [9.17, 15) is 13.2 Å². The molecule has 2 heterocycles. The summed E-state index contributed by atoms with van der Waals surface area (Å²) in [4.78, 5) is 12.4. The normalized spacial score (nSPS) is 15.6. The van der Waals surface area contributed by atoms with Gasteiger partial charge in [-0.25, -0.2) is 8.42 Å². The Morgan fingerprint density at radius 3 is 2.84 bits per heavy atom. The first-order chi connectivity index (χ1) is 12.0. The second kappa shape index (κ2) is 7.67. The molecule has 136 valence electrons. The van der Waals surface area contributed by atoms with Gasteiger partial charge in [0.2, 0.25) is 10.0 Å². The lowest BCUT2D eigenvalue weighted by molar-refractivity contribution is -0.141. The van der Waals surface area contributed by atoms with Crippen molar-refractivity contribution in [2.45, 2.75) is 43.5 Å². The van der Waals surface area contributed by atoms with Crippen LogP contribution < -0.4 is 4.72 Å². The van der Waals surface area contributed by atoms with E-state index >= 15 is 0 Å². The van der Waals surface area contributed by atoms with Crippen molar-refractivity contribution in [3.63, 3.8) is 0 Å². The minimum absolute atomic E-state index is 0.103. The fourth-order valence-electron chi connectivity index (χ4n) is 2.96. The van der Waals surface area contributed by atoms with E-state index in [1.54, 1.807) is 17.8 Å². The Kier molecular flexibility index (Phi) is 5.55. The SMILES string of the molecule is CCOC(=O)CNS(=O)(=O)c1cn(C2CCCC2)nc1-c1cccs1. The number of carbonyl (C=O) groups is 1. The van der Waals surface area contributed by atoms with Gasteiger partial charge in [0.15, 0.2) is 0 Å². The molecule has 0 bridgehead atoms. The van der Waals surface area contributed by atoms with Crippen LogP contribution in [0.2, 0.25) is 0 Å². The summed E-state index contributed by atoms with van der Waals surface area (Å²) in [5.74, 6) is -0.605. The van der Waals surface area contributed by atoms with Crippen LogP contribution in [0.3, 0.4) is 0 Å². The fourth-order valence-corrected chi connectivity index (χ4v) is 4.86. The second-order valence-corrected chi connectivity index (χ2v) is 8.55. The summed E-state index contributed by atoms with van der Waals surface area (Å²) in [5, 5.41) is 6.44. The van der Waals surface area contributed by atoms with Gasteiger partial charge in [0, 0.05) is 6.20 Å². The summed E-state index contributed by atoms with van der Waals surface area (Å²) in [7, 11) is -3.87. The number of hydrogen-bond acceptors (Lipinski definition) is 6. The van der Waals surface area contributed by atoms with E-state index in [-0.39, 0.29) is 17.5 Å². The summed E-state index contributed by atoms with van der Waals surface area (Å²) >= 11 is 1.44. The minimum Gasteiger partial charge on any atom is -0.465 e. The molecule has 2 aromatic rings. The third kappa shape index (κ3) is 4.10. The van der Waals surface area contributed by atoms with E-state index in [1.807, 2.05) is 17.5 Å². The van der Waals surface area contributed by atoms with Gasteiger partial charge in [0.1, 0.15) is 17.1 Å². The lowest BCUT2D eigenvalue weighted by Crippen LogP contribution is -2.30. The van der Waals surface area contributed by atoms with Crippen LogP contribution in [0.5, 0.6) is 0 Å². The molecule has 1 fully saturated rings. The van der Waals surface area contributed by atoms with E-state index in [2.05, 4.69) is 9.82 Å². The van der Waals surface area contributed by atoms with Crippen molar-refractivity contribution in [1.29, 1.82) is 0 Å². The van der Waals surface area contributed by atoms with Gasteiger partial charge in [-0.15, -0.1) is 11.3 Å². The quantitative estimate of drug-likeness (QED) is 0.742. The molecular weight excluding hydrogens is 362 g/mol. The maximum absolute atomic E-state index is 12.7. The van der Waals surface area contributed by atoms with Crippen molar-refractivity contribution in [3.8, 4) is 10.6 Å². The van der Waals surface area contributed by atoms with E-state index in [0.717, 1.165) is 30.6 Å². The highest BCUT2D eigenvalue weighted by atomic mass is 32.2. The van der Waals surface area contributed by atoms with Gasteiger partial charge in [-0.2, -0.15) is 9.82 Å². The first-order valence-corrected chi connectivity index (χ1v) is 10.7. The molecule has 0 spiro atoms. The molecule has 0 atom stereocenters. The molecule has 1 aliphatic rings. The number of hydrogen-bond donors (Lipinski definition) is 1. The first-order valence-electron chi connectivity index (χ1n) is 8.29. The maximum Gasteiger partial charge on any atom is 0.321 e. The Bertz CT molecular complexity index is 822. The summed E-state index contributed by atoms with van der Waals surface area (Å²) in [5.41, 5.74) is 0.429. The van der Waals surface area contributed by atoms with E-state index in [1.165, 1.54) is 11.3 Å². The molecule has 9 heteroatoms. The van der Waals surface area contributed by atoms with Gasteiger partial charge in [-0.1, -0.05) is 18.9 Å². The zero-order valence-corrected chi connectivity index (χ0v) is 15.6. The molecule has 25 heavy (non-hydrogen) atoms. The van der Waals surface area contributed by atoms with Crippen LogP contribution >= 0.6 is 11.3 Å². The van der Waals surface area contributed by atoms with Gasteiger partial charge < -0.3 is 4.74 Å². The highest BCUT2D eigenvalue weighted by molar-refractivity contribution is 7.89. The van der Waals surface area contributed by atoms with E-state index in [0.29, 0.717) is 5.69 Å². The topological polar surface area (TPSA) is 90.3 Å². The van der Waals surface area contributed by atoms with Gasteiger partial charge in [0.05, 0.1) is 17.5 Å². The molecule has 0 amide bonds. The largest absolute Gasteiger partial charge is 0.465 e. The van der Waals surface area contributed by atoms with Crippen LogP contribution in [0.1, 0.15) is 38.6 Å². The molecule has 0 aliphatic heterocycles.